The van der Waals surface area contributed by atoms with Crippen molar-refractivity contribution in [3.8, 4) is 0 Å². The lowest BCUT2D eigenvalue weighted by molar-refractivity contribution is -0.119. The fourth-order valence-corrected chi connectivity index (χ4v) is 1.48. The van der Waals surface area contributed by atoms with E-state index < -0.39 is 0 Å². The molecule has 0 aliphatic carbocycles. The van der Waals surface area contributed by atoms with Gasteiger partial charge >= 0.3 is 0 Å². The van der Waals surface area contributed by atoms with E-state index in [1.807, 2.05) is 7.05 Å². The van der Waals surface area contributed by atoms with Crippen molar-refractivity contribution in [2.45, 2.75) is 5.66 Å². The molecule has 1 amide bonds. The molecular formula is C6H13Cl2N3O. The van der Waals surface area contributed by atoms with E-state index in [2.05, 4.69) is 15.5 Å². The Labute approximate surface area is 83.9 Å². The minimum absolute atomic E-state index is 0. The number of amides is 1. The third-order valence-electron chi connectivity index (χ3n) is 2.32. The SMILES string of the molecule is CN1CC(=O)NC12CNC2.Cl.Cl. The lowest BCUT2D eigenvalue weighted by Gasteiger charge is -2.43. The molecule has 2 N–H and O–H groups in total. The van der Waals surface area contributed by atoms with Crippen LogP contribution in [-0.2, 0) is 4.79 Å². The largest absolute Gasteiger partial charge is 0.334 e. The summed E-state index contributed by atoms with van der Waals surface area (Å²) in [4.78, 5) is 12.9. The van der Waals surface area contributed by atoms with Gasteiger partial charge in [-0.25, -0.2) is 0 Å². The van der Waals surface area contributed by atoms with Crippen molar-refractivity contribution in [2.24, 2.45) is 0 Å². The van der Waals surface area contributed by atoms with Crippen LogP contribution in [0.5, 0.6) is 0 Å². The zero-order chi connectivity index (χ0) is 7.19. The first-order valence-electron chi connectivity index (χ1n) is 3.46. The van der Waals surface area contributed by atoms with Crippen molar-refractivity contribution in [2.75, 3.05) is 26.7 Å². The number of carbonyl (C=O) groups excluding carboxylic acids is 1. The van der Waals surface area contributed by atoms with Gasteiger partial charge in [0.15, 0.2) is 0 Å². The number of nitrogens with zero attached hydrogens (tertiary/aromatic N) is 1. The molecule has 2 aliphatic heterocycles. The number of hydrogen-bond acceptors (Lipinski definition) is 3. The molecule has 0 aromatic heterocycles. The van der Waals surface area contributed by atoms with E-state index in [-0.39, 0.29) is 36.4 Å². The van der Waals surface area contributed by atoms with Crippen LogP contribution < -0.4 is 10.6 Å². The zero-order valence-electron chi connectivity index (χ0n) is 6.79. The molecule has 0 aromatic carbocycles. The predicted octanol–water partition coefficient (Wildman–Crippen LogP) is -0.809. The molecule has 0 radical (unpaired) electrons. The van der Waals surface area contributed by atoms with Crippen LogP contribution in [0, 0.1) is 0 Å². The first-order valence-corrected chi connectivity index (χ1v) is 3.46. The summed E-state index contributed by atoms with van der Waals surface area (Å²) in [6.45, 7) is 2.31. The molecule has 0 bridgehead atoms. The molecule has 6 heteroatoms. The average molecular weight is 214 g/mol. The normalized spacial score (nSPS) is 25.2. The first-order chi connectivity index (χ1) is 4.73. The molecule has 2 fully saturated rings. The van der Waals surface area contributed by atoms with Gasteiger partial charge in [0.05, 0.1) is 6.54 Å². The molecule has 0 saturated carbocycles. The second kappa shape index (κ2) is 3.79. The summed E-state index contributed by atoms with van der Waals surface area (Å²) in [5, 5.41) is 6.08. The number of nitrogens with one attached hydrogen (secondary N) is 2. The fraction of sp³-hybridized carbons (Fsp3) is 0.833. The number of carbonyl (C=O) groups is 1. The fourth-order valence-electron chi connectivity index (χ4n) is 1.48. The van der Waals surface area contributed by atoms with Gasteiger partial charge in [0, 0.05) is 13.1 Å². The van der Waals surface area contributed by atoms with Crippen molar-refractivity contribution >= 4 is 30.7 Å². The molecule has 2 heterocycles. The first kappa shape index (κ1) is 12.0. The Morgan fingerprint density at radius 3 is 2.17 bits per heavy atom. The monoisotopic (exact) mass is 213 g/mol. The summed E-state index contributed by atoms with van der Waals surface area (Å²) >= 11 is 0. The van der Waals surface area contributed by atoms with E-state index in [4.69, 9.17) is 0 Å². The molecule has 2 rings (SSSR count). The molecule has 4 nitrogen and oxygen atoms in total. The molecule has 12 heavy (non-hydrogen) atoms. The minimum Gasteiger partial charge on any atom is -0.334 e. The highest BCUT2D eigenvalue weighted by atomic mass is 35.5. The highest BCUT2D eigenvalue weighted by Gasteiger charge is 2.46. The molecular weight excluding hydrogens is 201 g/mol. The van der Waals surface area contributed by atoms with Crippen LogP contribution >= 0.6 is 24.8 Å². The van der Waals surface area contributed by atoms with Crippen LogP contribution in [0.3, 0.4) is 0 Å². The van der Waals surface area contributed by atoms with Gasteiger partial charge in [0.2, 0.25) is 5.91 Å². The molecule has 0 atom stereocenters. The maximum absolute atomic E-state index is 10.9. The smallest absolute Gasteiger partial charge is 0.235 e. The van der Waals surface area contributed by atoms with Gasteiger partial charge in [-0.15, -0.1) is 24.8 Å². The van der Waals surface area contributed by atoms with E-state index in [0.717, 1.165) is 13.1 Å². The lowest BCUT2D eigenvalue weighted by atomic mass is 10.0. The average Bonchev–Trinajstić information content (AvgIpc) is 2.04. The Balaban J connectivity index is 0.000000605. The summed E-state index contributed by atoms with van der Waals surface area (Å²) in [7, 11) is 1.97. The number of hydrogen-bond donors (Lipinski definition) is 2. The van der Waals surface area contributed by atoms with Gasteiger partial charge < -0.3 is 10.6 Å². The summed E-state index contributed by atoms with van der Waals surface area (Å²) in [5.74, 6) is 0.143. The standard InChI is InChI=1S/C6H11N3O.2ClH/c1-9-2-5(10)8-6(9)3-7-4-6;;/h7H,2-4H2,1H3,(H,8,10);2*1H. The van der Waals surface area contributed by atoms with Crippen LogP contribution in [0.4, 0.5) is 0 Å². The number of rotatable bonds is 0. The Hall–Kier alpha value is -0.0300. The third-order valence-corrected chi connectivity index (χ3v) is 2.32. The second-order valence-corrected chi connectivity index (χ2v) is 3.04. The topological polar surface area (TPSA) is 44.4 Å². The summed E-state index contributed by atoms with van der Waals surface area (Å²) in [6, 6.07) is 0. The van der Waals surface area contributed by atoms with Gasteiger partial charge in [-0.2, -0.15) is 0 Å². The second-order valence-electron chi connectivity index (χ2n) is 3.04. The van der Waals surface area contributed by atoms with E-state index in [9.17, 15) is 4.79 Å². The van der Waals surface area contributed by atoms with Crippen molar-refractivity contribution in [3.63, 3.8) is 0 Å². The van der Waals surface area contributed by atoms with Crippen LogP contribution in [0.15, 0.2) is 0 Å². The van der Waals surface area contributed by atoms with Gasteiger partial charge in [0.1, 0.15) is 5.66 Å². The Bertz CT molecular complexity index is 184. The van der Waals surface area contributed by atoms with E-state index in [1.54, 1.807) is 0 Å². The van der Waals surface area contributed by atoms with Crippen molar-refractivity contribution in [1.29, 1.82) is 0 Å². The predicted molar refractivity (Wildman–Crippen MR) is 50.9 cm³/mol. The van der Waals surface area contributed by atoms with Crippen molar-refractivity contribution in [3.05, 3.63) is 0 Å². The third kappa shape index (κ3) is 1.52. The quantitative estimate of drug-likeness (QED) is 0.554. The Kier molecular flexibility index (Phi) is 3.78. The minimum atomic E-state index is -0.0307. The molecule has 0 unspecified atom stereocenters. The zero-order valence-corrected chi connectivity index (χ0v) is 8.43. The molecule has 2 saturated heterocycles. The van der Waals surface area contributed by atoms with Crippen molar-refractivity contribution in [1.82, 2.24) is 15.5 Å². The maximum atomic E-state index is 10.9. The van der Waals surface area contributed by atoms with Crippen LogP contribution in [0.25, 0.3) is 0 Å². The van der Waals surface area contributed by atoms with Crippen LogP contribution in [-0.4, -0.2) is 43.2 Å². The lowest BCUT2D eigenvalue weighted by Crippen LogP contribution is -2.71. The highest BCUT2D eigenvalue weighted by molar-refractivity contribution is 5.85. The summed E-state index contributed by atoms with van der Waals surface area (Å²) in [6.07, 6.45) is 0. The highest BCUT2D eigenvalue weighted by Crippen LogP contribution is 2.19. The van der Waals surface area contributed by atoms with Crippen LogP contribution in [0.1, 0.15) is 0 Å². The summed E-state index contributed by atoms with van der Waals surface area (Å²) in [5.41, 5.74) is -0.0307. The van der Waals surface area contributed by atoms with Crippen molar-refractivity contribution < 1.29 is 4.79 Å². The Morgan fingerprint density at radius 2 is 2.00 bits per heavy atom. The van der Waals surface area contributed by atoms with E-state index in [0.29, 0.717) is 6.54 Å². The molecule has 72 valence electrons. The van der Waals surface area contributed by atoms with E-state index >= 15 is 0 Å². The van der Waals surface area contributed by atoms with Gasteiger partial charge in [0.25, 0.3) is 0 Å². The molecule has 0 aromatic rings. The van der Waals surface area contributed by atoms with Gasteiger partial charge in [-0.3, -0.25) is 9.69 Å². The van der Waals surface area contributed by atoms with Crippen LogP contribution in [0.2, 0.25) is 0 Å². The number of halogens is 2. The van der Waals surface area contributed by atoms with E-state index in [1.165, 1.54) is 0 Å². The maximum Gasteiger partial charge on any atom is 0.235 e. The molecule has 2 aliphatic rings. The van der Waals surface area contributed by atoms with Gasteiger partial charge in [-0.1, -0.05) is 0 Å². The Morgan fingerprint density at radius 1 is 1.42 bits per heavy atom. The van der Waals surface area contributed by atoms with Gasteiger partial charge in [-0.05, 0) is 7.05 Å². The molecule has 1 spiro atoms. The summed E-state index contributed by atoms with van der Waals surface area (Å²) < 4.78 is 0. The number of likely N-dealkylation sites (N-methyl/N-ethyl adjacent to an activating group) is 1.